The first-order valence-electron chi connectivity index (χ1n) is 8.41. The van der Waals surface area contributed by atoms with E-state index in [9.17, 15) is 9.59 Å². The van der Waals surface area contributed by atoms with Crippen molar-refractivity contribution in [2.45, 2.75) is 10.5 Å². The molecule has 0 saturated heterocycles. The number of aldehydes is 1. The van der Waals surface area contributed by atoms with Crippen LogP contribution in [0.3, 0.4) is 0 Å². The molecular formula is C20H22N2O3S2. The zero-order valence-corrected chi connectivity index (χ0v) is 17.3. The molecule has 0 saturated carbocycles. The van der Waals surface area contributed by atoms with E-state index in [0.717, 1.165) is 28.4 Å². The Bertz CT molecular complexity index is 929. The lowest BCUT2D eigenvalue weighted by Gasteiger charge is -2.24. The maximum Gasteiger partial charge on any atom is 0.418 e. The predicted molar refractivity (Wildman–Crippen MR) is 113 cm³/mol. The van der Waals surface area contributed by atoms with Gasteiger partial charge in [-0.1, -0.05) is 24.3 Å². The number of para-hydroxylation sites is 1. The second-order valence-electron chi connectivity index (χ2n) is 6.16. The Balaban J connectivity index is 2.39. The number of hydrogen-bond acceptors (Lipinski definition) is 6. The molecule has 1 aromatic carbocycles. The van der Waals surface area contributed by atoms with Crippen LogP contribution in [0.15, 0.2) is 48.3 Å². The number of rotatable bonds is 5. The van der Waals surface area contributed by atoms with Crippen LogP contribution in [0, 0.1) is 0 Å². The second-order valence-corrected chi connectivity index (χ2v) is 8.34. The first kappa shape index (κ1) is 19.6. The molecule has 0 bridgehead atoms. The van der Waals surface area contributed by atoms with Crippen molar-refractivity contribution in [1.82, 2.24) is 9.47 Å². The van der Waals surface area contributed by atoms with Gasteiger partial charge in [0, 0.05) is 36.3 Å². The first-order valence-corrected chi connectivity index (χ1v) is 11.0. The predicted octanol–water partition coefficient (Wildman–Crippen LogP) is 4.61. The Hall–Kier alpha value is -2.12. The Morgan fingerprint density at radius 2 is 1.96 bits per heavy atom. The molecule has 27 heavy (non-hydrogen) atoms. The van der Waals surface area contributed by atoms with E-state index < -0.39 is 6.09 Å². The fourth-order valence-electron chi connectivity index (χ4n) is 3.51. The average molecular weight is 403 g/mol. The van der Waals surface area contributed by atoms with Crippen molar-refractivity contribution in [1.29, 1.82) is 0 Å². The van der Waals surface area contributed by atoms with E-state index in [-0.39, 0.29) is 10.5 Å². The molecule has 1 atom stereocenters. The molecule has 0 spiro atoms. The minimum Gasteiger partial charge on any atom is -0.452 e. The van der Waals surface area contributed by atoms with E-state index >= 15 is 0 Å². The summed E-state index contributed by atoms with van der Waals surface area (Å²) in [6.45, 7) is 0. The second kappa shape index (κ2) is 8.27. The highest BCUT2D eigenvalue weighted by atomic mass is 32.2. The molecule has 2 heterocycles. The Morgan fingerprint density at radius 3 is 2.59 bits per heavy atom. The Labute approximate surface area is 167 Å². The molecule has 1 aliphatic rings. The molecule has 1 aliphatic heterocycles. The van der Waals surface area contributed by atoms with Gasteiger partial charge in [0.2, 0.25) is 0 Å². The Kier molecular flexibility index (Phi) is 6.01. The van der Waals surface area contributed by atoms with Gasteiger partial charge in [-0.25, -0.2) is 9.36 Å². The van der Waals surface area contributed by atoms with Gasteiger partial charge in [0.25, 0.3) is 0 Å². The molecule has 0 aliphatic carbocycles. The summed E-state index contributed by atoms with van der Waals surface area (Å²) < 4.78 is 6.76. The highest BCUT2D eigenvalue weighted by molar-refractivity contribution is 8.15. The van der Waals surface area contributed by atoms with Crippen LogP contribution in [0.25, 0.3) is 10.9 Å². The van der Waals surface area contributed by atoms with Crippen LogP contribution in [-0.2, 0) is 9.53 Å². The van der Waals surface area contributed by atoms with Crippen molar-refractivity contribution in [3.63, 3.8) is 0 Å². The molecule has 0 amide bonds. The fraction of sp³-hybridized carbons (Fsp3) is 0.300. The number of nitrogens with zero attached hydrogens (tertiary/aromatic N) is 2. The number of thioether (sulfide) groups is 2. The lowest BCUT2D eigenvalue weighted by atomic mass is 9.88. The number of benzene rings is 1. The summed E-state index contributed by atoms with van der Waals surface area (Å²) in [5.41, 5.74) is 3.30. The van der Waals surface area contributed by atoms with Gasteiger partial charge in [0.1, 0.15) is 6.29 Å². The zero-order chi connectivity index (χ0) is 19.6. The lowest BCUT2D eigenvalue weighted by Crippen LogP contribution is -2.18. The largest absolute Gasteiger partial charge is 0.452 e. The SMILES string of the molecule is COC(=O)n1c(C(SC)SC)c(C2C=CN(C)C=C2C=O)c2ccccc21. The third-order valence-electron chi connectivity index (χ3n) is 4.63. The van der Waals surface area contributed by atoms with Crippen LogP contribution in [0.2, 0.25) is 0 Å². The quantitative estimate of drug-likeness (QED) is 0.538. The van der Waals surface area contributed by atoms with Gasteiger partial charge in [0.05, 0.1) is 22.9 Å². The Morgan fingerprint density at radius 1 is 1.26 bits per heavy atom. The highest BCUT2D eigenvalue weighted by Gasteiger charge is 2.32. The molecule has 142 valence electrons. The van der Waals surface area contributed by atoms with Gasteiger partial charge < -0.3 is 9.64 Å². The summed E-state index contributed by atoms with van der Waals surface area (Å²) in [7, 11) is 3.28. The summed E-state index contributed by atoms with van der Waals surface area (Å²) >= 11 is 3.32. The molecule has 7 heteroatoms. The number of methoxy groups -OCH3 is 1. The number of carbonyl (C=O) groups is 2. The van der Waals surface area contributed by atoms with E-state index in [0.29, 0.717) is 5.57 Å². The molecule has 0 N–H and O–H groups in total. The number of carbonyl (C=O) groups excluding carboxylic acids is 2. The van der Waals surface area contributed by atoms with Crippen LogP contribution >= 0.6 is 23.5 Å². The molecular weight excluding hydrogens is 380 g/mol. The third-order valence-corrected chi connectivity index (χ3v) is 7.09. The number of ether oxygens (including phenoxy) is 1. The smallest absolute Gasteiger partial charge is 0.418 e. The van der Waals surface area contributed by atoms with E-state index in [4.69, 9.17) is 4.74 Å². The highest BCUT2D eigenvalue weighted by Crippen LogP contribution is 2.46. The minimum absolute atomic E-state index is 0.0208. The van der Waals surface area contributed by atoms with Crippen LogP contribution in [0.4, 0.5) is 4.79 Å². The van der Waals surface area contributed by atoms with Gasteiger partial charge in [0.15, 0.2) is 0 Å². The lowest BCUT2D eigenvalue weighted by molar-refractivity contribution is -0.105. The molecule has 0 radical (unpaired) electrons. The number of aromatic nitrogens is 1. The van der Waals surface area contributed by atoms with Crippen LogP contribution in [-0.4, -0.2) is 48.5 Å². The molecule has 3 rings (SSSR count). The van der Waals surface area contributed by atoms with Gasteiger partial charge >= 0.3 is 6.09 Å². The molecule has 1 unspecified atom stereocenters. The van der Waals surface area contributed by atoms with Gasteiger partial charge in [-0.15, -0.1) is 23.5 Å². The van der Waals surface area contributed by atoms with Gasteiger partial charge in [-0.2, -0.15) is 0 Å². The normalized spacial score (nSPS) is 16.7. The van der Waals surface area contributed by atoms with Crippen molar-refractivity contribution in [2.75, 3.05) is 26.7 Å². The fourth-order valence-corrected chi connectivity index (χ4v) is 5.19. The summed E-state index contributed by atoms with van der Waals surface area (Å²) in [5, 5.41) is 0.956. The van der Waals surface area contributed by atoms with Crippen LogP contribution in [0.1, 0.15) is 21.8 Å². The van der Waals surface area contributed by atoms with E-state index in [1.807, 2.05) is 67.2 Å². The topological polar surface area (TPSA) is 51.5 Å². The molecule has 5 nitrogen and oxygen atoms in total. The van der Waals surface area contributed by atoms with Crippen molar-refractivity contribution >= 4 is 46.8 Å². The maximum atomic E-state index is 12.7. The summed E-state index contributed by atoms with van der Waals surface area (Å²) in [5.74, 6) is -0.216. The summed E-state index contributed by atoms with van der Waals surface area (Å²) in [4.78, 5) is 26.4. The van der Waals surface area contributed by atoms with Crippen molar-refractivity contribution in [3.8, 4) is 0 Å². The summed E-state index contributed by atoms with van der Waals surface area (Å²) in [6.07, 6.45) is 10.3. The molecule has 0 fully saturated rings. The summed E-state index contributed by atoms with van der Waals surface area (Å²) in [6, 6.07) is 7.77. The maximum absolute atomic E-state index is 12.7. The number of allylic oxidation sites excluding steroid dienone is 2. The van der Waals surface area contributed by atoms with Crippen LogP contribution < -0.4 is 0 Å². The van der Waals surface area contributed by atoms with Gasteiger partial charge in [-0.05, 0) is 24.1 Å². The third kappa shape index (κ3) is 3.41. The van der Waals surface area contributed by atoms with Crippen molar-refractivity contribution < 1.29 is 14.3 Å². The van der Waals surface area contributed by atoms with E-state index in [1.165, 1.54) is 7.11 Å². The first-order chi connectivity index (χ1) is 13.1. The minimum atomic E-state index is -0.422. The monoisotopic (exact) mass is 402 g/mol. The molecule has 2 aromatic rings. The standard InChI is InChI=1S/C20H22N2O3S2/c1-21-10-9-14(13(11-21)12-23)17-15-7-5-6-8-16(15)22(20(24)25-2)18(17)19(26-3)27-4/h5-12,14,19H,1-4H3. The zero-order valence-electron chi connectivity index (χ0n) is 15.7. The number of fused-ring (bicyclic) bond motifs is 1. The van der Waals surface area contributed by atoms with Gasteiger partial charge in [-0.3, -0.25) is 4.79 Å². The van der Waals surface area contributed by atoms with Crippen molar-refractivity contribution in [3.05, 3.63) is 59.6 Å². The van der Waals surface area contributed by atoms with Crippen molar-refractivity contribution in [2.24, 2.45) is 0 Å². The van der Waals surface area contributed by atoms with Crippen LogP contribution in [0.5, 0.6) is 0 Å². The van der Waals surface area contributed by atoms with E-state index in [1.54, 1.807) is 28.1 Å². The average Bonchev–Trinajstić information content (AvgIpc) is 3.03. The van der Waals surface area contributed by atoms with E-state index in [2.05, 4.69) is 0 Å². The number of hydrogen-bond donors (Lipinski definition) is 0. The molecule has 1 aromatic heterocycles.